The molecule has 0 aliphatic carbocycles. The van der Waals surface area contributed by atoms with Crippen LogP contribution in [0.5, 0.6) is 0 Å². The lowest BCUT2D eigenvalue weighted by Gasteiger charge is -2.19. The molecule has 2 N–H and O–H groups in total. The standard InChI is InChI=1S/C11H18N6O/c1-5-7-13-14-8(18-7)6-17-9(11(2,3)4)10(12)15-16-17/h5-6,12H2,1-4H3. The number of hydrogen-bond donors (Lipinski definition) is 1. The molecule has 2 aromatic heterocycles. The van der Waals surface area contributed by atoms with Crippen LogP contribution in [-0.2, 0) is 18.4 Å². The maximum absolute atomic E-state index is 5.85. The quantitative estimate of drug-likeness (QED) is 0.877. The van der Waals surface area contributed by atoms with Crippen molar-refractivity contribution in [1.82, 2.24) is 25.2 Å². The minimum atomic E-state index is -0.138. The molecule has 18 heavy (non-hydrogen) atoms. The predicted molar refractivity (Wildman–Crippen MR) is 65.9 cm³/mol. The molecule has 0 spiro atoms. The van der Waals surface area contributed by atoms with Crippen LogP contribution in [0.2, 0.25) is 0 Å². The number of aromatic nitrogens is 5. The van der Waals surface area contributed by atoms with Gasteiger partial charge in [0.05, 0.1) is 5.69 Å². The molecule has 2 aromatic rings. The van der Waals surface area contributed by atoms with Gasteiger partial charge in [-0.2, -0.15) is 0 Å². The van der Waals surface area contributed by atoms with Crippen LogP contribution in [0.4, 0.5) is 5.82 Å². The molecule has 0 radical (unpaired) electrons. The van der Waals surface area contributed by atoms with E-state index in [1.807, 2.05) is 6.92 Å². The third kappa shape index (κ3) is 2.34. The van der Waals surface area contributed by atoms with Crippen LogP contribution in [0, 0.1) is 0 Å². The van der Waals surface area contributed by atoms with Gasteiger partial charge in [-0.25, -0.2) is 4.68 Å². The van der Waals surface area contributed by atoms with E-state index < -0.39 is 0 Å². The maximum atomic E-state index is 5.85. The number of rotatable bonds is 3. The zero-order valence-electron chi connectivity index (χ0n) is 11.1. The molecule has 0 amide bonds. The molecular formula is C11H18N6O. The van der Waals surface area contributed by atoms with Gasteiger partial charge in [-0.3, -0.25) is 0 Å². The van der Waals surface area contributed by atoms with Crippen molar-refractivity contribution in [2.24, 2.45) is 0 Å². The summed E-state index contributed by atoms with van der Waals surface area (Å²) in [4.78, 5) is 0. The van der Waals surface area contributed by atoms with E-state index in [0.717, 1.165) is 12.1 Å². The first-order chi connectivity index (χ1) is 8.41. The highest BCUT2D eigenvalue weighted by Crippen LogP contribution is 2.26. The zero-order valence-corrected chi connectivity index (χ0v) is 11.1. The van der Waals surface area contributed by atoms with Crippen molar-refractivity contribution in [2.45, 2.75) is 46.1 Å². The molecule has 0 aliphatic rings. The molecule has 0 aromatic carbocycles. The van der Waals surface area contributed by atoms with Crippen molar-refractivity contribution in [3.05, 3.63) is 17.5 Å². The summed E-state index contributed by atoms with van der Waals surface area (Å²) in [6.07, 6.45) is 0.721. The van der Waals surface area contributed by atoms with Gasteiger partial charge < -0.3 is 10.2 Å². The fraction of sp³-hybridized carbons (Fsp3) is 0.636. The average molecular weight is 250 g/mol. The Kier molecular flexibility index (Phi) is 3.06. The maximum Gasteiger partial charge on any atom is 0.238 e. The Morgan fingerprint density at radius 3 is 2.39 bits per heavy atom. The second kappa shape index (κ2) is 4.40. The smallest absolute Gasteiger partial charge is 0.238 e. The van der Waals surface area contributed by atoms with Gasteiger partial charge in [-0.15, -0.1) is 15.3 Å². The number of nitrogen functional groups attached to an aromatic ring is 1. The first kappa shape index (κ1) is 12.5. The van der Waals surface area contributed by atoms with E-state index >= 15 is 0 Å². The van der Waals surface area contributed by atoms with E-state index in [1.165, 1.54) is 0 Å². The Bertz CT molecular complexity index is 536. The highest BCUT2D eigenvalue weighted by molar-refractivity contribution is 5.38. The summed E-state index contributed by atoms with van der Waals surface area (Å²) in [6, 6.07) is 0. The van der Waals surface area contributed by atoms with E-state index in [9.17, 15) is 0 Å². The fourth-order valence-electron chi connectivity index (χ4n) is 1.83. The van der Waals surface area contributed by atoms with E-state index in [-0.39, 0.29) is 5.41 Å². The molecule has 2 heterocycles. The van der Waals surface area contributed by atoms with Gasteiger partial charge in [0, 0.05) is 11.8 Å². The summed E-state index contributed by atoms with van der Waals surface area (Å²) in [6.45, 7) is 8.53. The van der Waals surface area contributed by atoms with Crippen molar-refractivity contribution in [2.75, 3.05) is 5.73 Å². The molecule has 0 aliphatic heterocycles. The van der Waals surface area contributed by atoms with Crippen LogP contribution in [0.15, 0.2) is 4.42 Å². The van der Waals surface area contributed by atoms with E-state index in [1.54, 1.807) is 4.68 Å². The van der Waals surface area contributed by atoms with Gasteiger partial charge in [-0.05, 0) is 0 Å². The molecule has 2 rings (SSSR count). The Labute approximate surface area is 105 Å². The second-order valence-corrected chi connectivity index (χ2v) is 5.17. The second-order valence-electron chi connectivity index (χ2n) is 5.17. The Morgan fingerprint density at radius 2 is 1.83 bits per heavy atom. The minimum Gasteiger partial charge on any atom is -0.423 e. The lowest BCUT2D eigenvalue weighted by Crippen LogP contribution is -2.20. The van der Waals surface area contributed by atoms with Gasteiger partial charge in [-0.1, -0.05) is 32.9 Å². The topological polar surface area (TPSA) is 95.7 Å². The lowest BCUT2D eigenvalue weighted by molar-refractivity contribution is 0.414. The highest BCUT2D eigenvalue weighted by Gasteiger charge is 2.24. The molecule has 98 valence electrons. The Morgan fingerprint density at radius 1 is 1.17 bits per heavy atom. The average Bonchev–Trinajstić information content (AvgIpc) is 2.85. The van der Waals surface area contributed by atoms with E-state index in [4.69, 9.17) is 10.2 Å². The van der Waals surface area contributed by atoms with Crippen molar-refractivity contribution < 1.29 is 4.42 Å². The lowest BCUT2D eigenvalue weighted by atomic mass is 9.92. The van der Waals surface area contributed by atoms with Gasteiger partial charge in [0.2, 0.25) is 11.8 Å². The summed E-state index contributed by atoms with van der Waals surface area (Å²) >= 11 is 0. The van der Waals surface area contributed by atoms with Crippen molar-refractivity contribution >= 4 is 5.82 Å². The van der Waals surface area contributed by atoms with Gasteiger partial charge in [0.25, 0.3) is 0 Å². The molecule has 0 saturated carbocycles. The SMILES string of the molecule is CCc1nnc(Cn2nnc(N)c2C(C)(C)C)o1. The molecular weight excluding hydrogens is 232 g/mol. The molecule has 7 heteroatoms. The van der Waals surface area contributed by atoms with Crippen LogP contribution in [0.1, 0.15) is 45.2 Å². The van der Waals surface area contributed by atoms with Crippen molar-refractivity contribution in [1.29, 1.82) is 0 Å². The third-order valence-corrected chi connectivity index (χ3v) is 2.57. The molecule has 0 fully saturated rings. The van der Waals surface area contributed by atoms with Crippen molar-refractivity contribution in [3.63, 3.8) is 0 Å². The Balaban J connectivity index is 2.29. The molecule has 0 unspecified atom stereocenters. The summed E-state index contributed by atoms with van der Waals surface area (Å²) in [5, 5.41) is 15.8. The monoisotopic (exact) mass is 250 g/mol. The number of hydrogen-bond acceptors (Lipinski definition) is 6. The number of anilines is 1. The van der Waals surface area contributed by atoms with Gasteiger partial charge in [0.1, 0.15) is 6.54 Å². The molecule has 7 nitrogen and oxygen atoms in total. The fourth-order valence-corrected chi connectivity index (χ4v) is 1.83. The number of nitrogens with zero attached hydrogens (tertiary/aromatic N) is 5. The summed E-state index contributed by atoms with van der Waals surface area (Å²) in [5.41, 5.74) is 6.59. The predicted octanol–water partition coefficient (Wildman–Crippen LogP) is 1.15. The van der Waals surface area contributed by atoms with Gasteiger partial charge in [0.15, 0.2) is 5.82 Å². The first-order valence-electron chi connectivity index (χ1n) is 5.92. The summed E-state index contributed by atoms with van der Waals surface area (Å²) in [7, 11) is 0. The van der Waals surface area contributed by atoms with Crippen LogP contribution in [0.3, 0.4) is 0 Å². The summed E-state index contributed by atoms with van der Waals surface area (Å²) in [5.74, 6) is 1.58. The number of aryl methyl sites for hydroxylation is 1. The highest BCUT2D eigenvalue weighted by atomic mass is 16.4. The van der Waals surface area contributed by atoms with E-state index in [0.29, 0.717) is 24.1 Å². The molecule has 0 atom stereocenters. The molecule has 0 bridgehead atoms. The summed E-state index contributed by atoms with van der Waals surface area (Å²) < 4.78 is 7.17. The van der Waals surface area contributed by atoms with Crippen LogP contribution >= 0.6 is 0 Å². The largest absolute Gasteiger partial charge is 0.423 e. The third-order valence-electron chi connectivity index (χ3n) is 2.57. The van der Waals surface area contributed by atoms with Crippen LogP contribution in [0.25, 0.3) is 0 Å². The normalized spacial score (nSPS) is 12.0. The van der Waals surface area contributed by atoms with Crippen LogP contribution in [-0.4, -0.2) is 25.2 Å². The number of nitrogens with two attached hydrogens (primary N) is 1. The van der Waals surface area contributed by atoms with Crippen LogP contribution < -0.4 is 5.73 Å². The molecule has 0 saturated heterocycles. The van der Waals surface area contributed by atoms with E-state index in [2.05, 4.69) is 41.3 Å². The van der Waals surface area contributed by atoms with Crippen molar-refractivity contribution in [3.8, 4) is 0 Å². The van der Waals surface area contributed by atoms with Gasteiger partial charge >= 0.3 is 0 Å². The first-order valence-corrected chi connectivity index (χ1v) is 5.92. The minimum absolute atomic E-state index is 0.138. The zero-order chi connectivity index (χ0) is 13.3. The Hall–Kier alpha value is -1.92.